The molecule has 1 aromatic rings. The van der Waals surface area contributed by atoms with E-state index in [9.17, 15) is 4.79 Å². The van der Waals surface area contributed by atoms with E-state index in [0.29, 0.717) is 12.2 Å². The Balaban J connectivity index is 2.60. The summed E-state index contributed by atoms with van der Waals surface area (Å²) in [6.45, 7) is 2.28. The second kappa shape index (κ2) is 5.14. The molecule has 0 radical (unpaired) electrons. The first-order valence-electron chi connectivity index (χ1n) is 4.31. The van der Waals surface area contributed by atoms with Crippen molar-refractivity contribution in [2.24, 2.45) is 5.73 Å². The van der Waals surface area contributed by atoms with Crippen LogP contribution >= 0.6 is 0 Å². The zero-order valence-electron chi connectivity index (χ0n) is 8.03. The van der Waals surface area contributed by atoms with E-state index >= 15 is 0 Å². The lowest BCUT2D eigenvalue weighted by atomic mass is 10.3. The molecule has 14 heavy (non-hydrogen) atoms. The summed E-state index contributed by atoms with van der Waals surface area (Å²) in [6, 6.07) is 1.85. The molecule has 1 heterocycles. The maximum Gasteiger partial charge on any atom is 0.248 e. The highest BCUT2D eigenvalue weighted by molar-refractivity contribution is 5.99. The molecule has 1 aromatic heterocycles. The lowest BCUT2D eigenvalue weighted by molar-refractivity contribution is -0.111. The Morgan fingerprint density at radius 3 is 3.07 bits per heavy atom. The summed E-state index contributed by atoms with van der Waals surface area (Å²) in [4.78, 5) is 15.2. The van der Waals surface area contributed by atoms with Gasteiger partial charge in [0.05, 0.1) is 11.9 Å². The number of carbonyl (C=O) groups is 1. The van der Waals surface area contributed by atoms with Crippen LogP contribution in [0.3, 0.4) is 0 Å². The predicted octanol–water partition coefficient (Wildman–Crippen LogP) is 0.843. The number of carbonyl (C=O) groups excluding carboxylic acids is 1. The quantitative estimate of drug-likeness (QED) is 0.696. The number of anilines is 1. The largest absolute Gasteiger partial charge is 0.327 e. The second-order valence-electron chi connectivity index (χ2n) is 2.88. The molecule has 1 amide bonds. The molecule has 0 spiro atoms. The van der Waals surface area contributed by atoms with Crippen molar-refractivity contribution >= 4 is 11.6 Å². The SMILES string of the molecule is Cc1cncc(NC(=O)/C=C/CN)c1. The summed E-state index contributed by atoms with van der Waals surface area (Å²) in [6.07, 6.45) is 6.33. The summed E-state index contributed by atoms with van der Waals surface area (Å²) in [7, 11) is 0. The molecular formula is C10H13N3O. The van der Waals surface area contributed by atoms with Crippen molar-refractivity contribution in [3.63, 3.8) is 0 Å². The highest BCUT2D eigenvalue weighted by Gasteiger charge is 1.97. The fraction of sp³-hybridized carbons (Fsp3) is 0.200. The van der Waals surface area contributed by atoms with Gasteiger partial charge in [0.25, 0.3) is 0 Å². The van der Waals surface area contributed by atoms with Gasteiger partial charge in [0.2, 0.25) is 5.91 Å². The van der Waals surface area contributed by atoms with Crippen LogP contribution in [-0.2, 0) is 4.79 Å². The van der Waals surface area contributed by atoms with E-state index in [4.69, 9.17) is 5.73 Å². The van der Waals surface area contributed by atoms with Crippen molar-refractivity contribution in [3.8, 4) is 0 Å². The minimum atomic E-state index is -0.192. The molecule has 74 valence electrons. The van der Waals surface area contributed by atoms with Crippen LogP contribution in [0.25, 0.3) is 0 Å². The number of pyridine rings is 1. The van der Waals surface area contributed by atoms with Crippen LogP contribution in [0.5, 0.6) is 0 Å². The zero-order chi connectivity index (χ0) is 10.4. The predicted molar refractivity (Wildman–Crippen MR) is 55.8 cm³/mol. The van der Waals surface area contributed by atoms with Crippen LogP contribution in [0.15, 0.2) is 30.6 Å². The first-order valence-corrected chi connectivity index (χ1v) is 4.31. The van der Waals surface area contributed by atoms with Gasteiger partial charge in [-0.2, -0.15) is 0 Å². The van der Waals surface area contributed by atoms with Crippen molar-refractivity contribution in [3.05, 3.63) is 36.2 Å². The van der Waals surface area contributed by atoms with Crippen LogP contribution in [0, 0.1) is 6.92 Å². The van der Waals surface area contributed by atoms with Gasteiger partial charge in [-0.1, -0.05) is 6.08 Å². The molecule has 3 N–H and O–H groups in total. The summed E-state index contributed by atoms with van der Waals surface area (Å²) < 4.78 is 0. The molecular weight excluding hydrogens is 178 g/mol. The first-order chi connectivity index (χ1) is 6.72. The fourth-order valence-corrected chi connectivity index (χ4v) is 0.982. The molecule has 4 heteroatoms. The average molecular weight is 191 g/mol. The summed E-state index contributed by atoms with van der Waals surface area (Å²) in [5.74, 6) is -0.192. The third-order valence-corrected chi connectivity index (χ3v) is 1.55. The Labute approximate surface area is 82.8 Å². The monoisotopic (exact) mass is 191 g/mol. The van der Waals surface area contributed by atoms with Gasteiger partial charge in [0, 0.05) is 18.8 Å². The maximum absolute atomic E-state index is 11.2. The standard InChI is InChI=1S/C10H13N3O/c1-8-5-9(7-12-6-8)13-10(14)3-2-4-11/h2-3,5-7H,4,11H2,1H3,(H,13,14)/b3-2+. The molecule has 4 nitrogen and oxygen atoms in total. The van der Waals surface area contributed by atoms with E-state index in [1.165, 1.54) is 6.08 Å². The highest BCUT2D eigenvalue weighted by atomic mass is 16.1. The summed E-state index contributed by atoms with van der Waals surface area (Å²) in [5.41, 5.74) is 6.91. The third-order valence-electron chi connectivity index (χ3n) is 1.55. The lowest BCUT2D eigenvalue weighted by Gasteiger charge is -2.01. The molecule has 0 aliphatic rings. The molecule has 1 rings (SSSR count). The van der Waals surface area contributed by atoms with Crippen LogP contribution in [0.2, 0.25) is 0 Å². The van der Waals surface area contributed by atoms with Gasteiger partial charge in [-0.05, 0) is 18.6 Å². The summed E-state index contributed by atoms with van der Waals surface area (Å²) in [5, 5.41) is 2.67. The van der Waals surface area contributed by atoms with Crippen molar-refractivity contribution in [2.45, 2.75) is 6.92 Å². The number of aryl methyl sites for hydroxylation is 1. The molecule has 0 aliphatic heterocycles. The molecule has 0 fully saturated rings. The van der Waals surface area contributed by atoms with Crippen molar-refractivity contribution in [1.82, 2.24) is 4.98 Å². The van der Waals surface area contributed by atoms with E-state index in [0.717, 1.165) is 5.56 Å². The Bertz CT molecular complexity index is 347. The zero-order valence-corrected chi connectivity index (χ0v) is 8.03. The minimum Gasteiger partial charge on any atom is -0.327 e. The van der Waals surface area contributed by atoms with E-state index in [-0.39, 0.29) is 5.91 Å². The molecule has 0 aromatic carbocycles. The Morgan fingerprint density at radius 2 is 2.43 bits per heavy atom. The number of nitrogens with one attached hydrogen (secondary N) is 1. The van der Waals surface area contributed by atoms with Crippen LogP contribution in [0.1, 0.15) is 5.56 Å². The number of amides is 1. The molecule has 0 saturated carbocycles. The topological polar surface area (TPSA) is 68.0 Å². The van der Waals surface area contributed by atoms with Gasteiger partial charge < -0.3 is 11.1 Å². The van der Waals surface area contributed by atoms with Crippen LogP contribution < -0.4 is 11.1 Å². The number of hydrogen-bond acceptors (Lipinski definition) is 3. The van der Waals surface area contributed by atoms with Crippen molar-refractivity contribution in [1.29, 1.82) is 0 Å². The van der Waals surface area contributed by atoms with Gasteiger partial charge in [-0.15, -0.1) is 0 Å². The third kappa shape index (κ3) is 3.37. The van der Waals surface area contributed by atoms with Crippen molar-refractivity contribution < 1.29 is 4.79 Å². The first kappa shape index (κ1) is 10.4. The van der Waals surface area contributed by atoms with Gasteiger partial charge in [-0.25, -0.2) is 0 Å². The van der Waals surface area contributed by atoms with Crippen LogP contribution in [0.4, 0.5) is 5.69 Å². The van der Waals surface area contributed by atoms with Gasteiger partial charge in [-0.3, -0.25) is 9.78 Å². The average Bonchev–Trinajstić information content (AvgIpc) is 2.15. The second-order valence-corrected chi connectivity index (χ2v) is 2.88. The number of rotatable bonds is 3. The van der Waals surface area contributed by atoms with E-state index in [1.807, 2.05) is 13.0 Å². The fourth-order valence-electron chi connectivity index (χ4n) is 0.982. The van der Waals surface area contributed by atoms with E-state index < -0.39 is 0 Å². The maximum atomic E-state index is 11.2. The Hall–Kier alpha value is -1.68. The van der Waals surface area contributed by atoms with E-state index in [1.54, 1.807) is 18.5 Å². The Morgan fingerprint density at radius 1 is 1.64 bits per heavy atom. The molecule has 0 atom stereocenters. The molecule has 0 saturated heterocycles. The highest BCUT2D eigenvalue weighted by Crippen LogP contribution is 2.06. The normalized spacial score (nSPS) is 10.4. The number of hydrogen-bond donors (Lipinski definition) is 2. The van der Waals surface area contributed by atoms with Gasteiger partial charge >= 0.3 is 0 Å². The van der Waals surface area contributed by atoms with Crippen molar-refractivity contribution in [2.75, 3.05) is 11.9 Å². The number of aromatic nitrogens is 1. The molecule has 0 bridgehead atoms. The van der Waals surface area contributed by atoms with E-state index in [2.05, 4.69) is 10.3 Å². The van der Waals surface area contributed by atoms with Gasteiger partial charge in [0.15, 0.2) is 0 Å². The number of nitrogens with two attached hydrogens (primary N) is 1. The minimum absolute atomic E-state index is 0.192. The lowest BCUT2D eigenvalue weighted by Crippen LogP contribution is -2.09. The molecule has 0 unspecified atom stereocenters. The van der Waals surface area contributed by atoms with Crippen LogP contribution in [-0.4, -0.2) is 17.4 Å². The Kier molecular flexibility index (Phi) is 3.82. The smallest absolute Gasteiger partial charge is 0.248 e. The number of nitrogens with zero attached hydrogens (tertiary/aromatic N) is 1. The van der Waals surface area contributed by atoms with Gasteiger partial charge in [0.1, 0.15) is 0 Å². The molecule has 0 aliphatic carbocycles. The summed E-state index contributed by atoms with van der Waals surface area (Å²) >= 11 is 0.